The molecule has 1 aromatic rings. The molecular formula is C13H19NO2. The lowest BCUT2D eigenvalue weighted by molar-refractivity contribution is -0.274. The monoisotopic (exact) mass is 221 g/mol. The number of likely N-dealkylation sites (N-methyl/N-ethyl adjacent to an activating group) is 1. The zero-order valence-corrected chi connectivity index (χ0v) is 9.89. The van der Waals surface area contributed by atoms with Crippen LogP contribution in [0.2, 0.25) is 0 Å². The molecule has 16 heavy (non-hydrogen) atoms. The highest BCUT2D eigenvalue weighted by Crippen LogP contribution is 2.32. The van der Waals surface area contributed by atoms with E-state index in [1.165, 1.54) is 0 Å². The second kappa shape index (κ2) is 4.53. The van der Waals surface area contributed by atoms with Gasteiger partial charge in [-0.3, -0.25) is 4.90 Å². The normalized spacial score (nSPS) is 31.6. The van der Waals surface area contributed by atoms with Gasteiger partial charge < -0.3 is 9.84 Å². The minimum atomic E-state index is -1.17. The van der Waals surface area contributed by atoms with E-state index < -0.39 is 5.79 Å². The Kier molecular flexibility index (Phi) is 3.28. The predicted octanol–water partition coefficient (Wildman–Crippen LogP) is 1.57. The Hall–Kier alpha value is -0.900. The molecule has 0 unspecified atom stereocenters. The third-order valence-corrected chi connectivity index (χ3v) is 3.41. The Balaban J connectivity index is 2.30. The minimum Gasteiger partial charge on any atom is -0.361 e. The van der Waals surface area contributed by atoms with Gasteiger partial charge in [-0.2, -0.15) is 0 Å². The van der Waals surface area contributed by atoms with Crippen molar-refractivity contribution in [1.82, 2.24) is 4.90 Å². The van der Waals surface area contributed by atoms with Crippen molar-refractivity contribution in [3.8, 4) is 0 Å². The summed E-state index contributed by atoms with van der Waals surface area (Å²) in [5.41, 5.74) is 0.834. The molecule has 1 aromatic carbocycles. The van der Waals surface area contributed by atoms with E-state index in [1.807, 2.05) is 37.3 Å². The lowest BCUT2D eigenvalue weighted by Crippen LogP contribution is -2.56. The lowest BCUT2D eigenvalue weighted by atomic mass is 9.96. The van der Waals surface area contributed by atoms with Gasteiger partial charge in [0.15, 0.2) is 0 Å². The highest BCUT2D eigenvalue weighted by Gasteiger charge is 2.42. The quantitative estimate of drug-likeness (QED) is 0.823. The van der Waals surface area contributed by atoms with E-state index in [4.69, 9.17) is 4.74 Å². The molecule has 1 fully saturated rings. The summed E-state index contributed by atoms with van der Waals surface area (Å²) in [4.78, 5) is 2.23. The van der Waals surface area contributed by atoms with Crippen molar-refractivity contribution in [3.63, 3.8) is 0 Å². The van der Waals surface area contributed by atoms with Gasteiger partial charge in [0.05, 0.1) is 12.6 Å². The second-order valence-electron chi connectivity index (χ2n) is 4.22. The third-order valence-electron chi connectivity index (χ3n) is 3.41. The first kappa shape index (κ1) is 11.6. The molecule has 1 aliphatic rings. The fourth-order valence-corrected chi connectivity index (χ4v) is 2.31. The Morgan fingerprint density at radius 3 is 2.75 bits per heavy atom. The van der Waals surface area contributed by atoms with E-state index >= 15 is 0 Å². The Bertz CT molecular complexity index is 341. The number of hydrogen-bond donors (Lipinski definition) is 1. The molecule has 0 radical (unpaired) electrons. The first-order chi connectivity index (χ1) is 7.68. The summed E-state index contributed by atoms with van der Waals surface area (Å²) in [6, 6.07) is 9.60. The summed E-state index contributed by atoms with van der Waals surface area (Å²) in [5.74, 6) is -1.17. The van der Waals surface area contributed by atoms with Crippen molar-refractivity contribution in [2.75, 3.05) is 19.7 Å². The summed E-state index contributed by atoms with van der Waals surface area (Å²) >= 11 is 0. The molecule has 3 nitrogen and oxygen atoms in total. The Morgan fingerprint density at radius 2 is 2.12 bits per heavy atom. The molecule has 88 valence electrons. The van der Waals surface area contributed by atoms with Crippen LogP contribution >= 0.6 is 0 Å². The number of rotatable bonds is 2. The average Bonchev–Trinajstić information content (AvgIpc) is 2.34. The fraction of sp³-hybridized carbons (Fsp3) is 0.538. The van der Waals surface area contributed by atoms with Crippen LogP contribution < -0.4 is 0 Å². The van der Waals surface area contributed by atoms with Crippen LogP contribution in [-0.4, -0.2) is 35.7 Å². The summed E-state index contributed by atoms with van der Waals surface area (Å²) in [7, 11) is 0. The van der Waals surface area contributed by atoms with Gasteiger partial charge in [-0.25, -0.2) is 0 Å². The maximum Gasteiger partial charge on any atom is 0.208 e. The van der Waals surface area contributed by atoms with Crippen molar-refractivity contribution in [1.29, 1.82) is 0 Å². The zero-order valence-electron chi connectivity index (χ0n) is 9.89. The molecule has 1 saturated heterocycles. The molecule has 3 heteroatoms. The van der Waals surface area contributed by atoms with E-state index in [1.54, 1.807) is 0 Å². The summed E-state index contributed by atoms with van der Waals surface area (Å²) < 4.78 is 5.61. The molecule has 1 N–H and O–H groups in total. The van der Waals surface area contributed by atoms with Crippen LogP contribution in [0.25, 0.3) is 0 Å². The van der Waals surface area contributed by atoms with Crippen LogP contribution in [0.3, 0.4) is 0 Å². The first-order valence-corrected chi connectivity index (χ1v) is 5.84. The third kappa shape index (κ3) is 1.86. The predicted molar refractivity (Wildman–Crippen MR) is 63.0 cm³/mol. The van der Waals surface area contributed by atoms with Crippen molar-refractivity contribution in [3.05, 3.63) is 35.9 Å². The van der Waals surface area contributed by atoms with Crippen LogP contribution in [0.4, 0.5) is 0 Å². The number of benzene rings is 1. The minimum absolute atomic E-state index is 0.0198. The van der Waals surface area contributed by atoms with Crippen molar-refractivity contribution in [2.45, 2.75) is 25.7 Å². The second-order valence-corrected chi connectivity index (χ2v) is 4.22. The lowest BCUT2D eigenvalue weighted by Gasteiger charge is -2.44. The number of nitrogens with zero attached hydrogens (tertiary/aromatic N) is 1. The number of hydrogen-bond acceptors (Lipinski definition) is 3. The SMILES string of the molecule is CCN1CCO[C@@](O)(c2ccccc2)[C@@H]1C. The van der Waals surface area contributed by atoms with Crippen LogP contribution in [0.5, 0.6) is 0 Å². The molecule has 0 saturated carbocycles. The summed E-state index contributed by atoms with van der Waals surface area (Å²) in [6.45, 7) is 6.50. The Morgan fingerprint density at radius 1 is 1.44 bits per heavy atom. The largest absolute Gasteiger partial charge is 0.361 e. The molecule has 1 aliphatic heterocycles. The molecule has 1 heterocycles. The summed E-state index contributed by atoms with van der Waals surface area (Å²) in [5, 5.41) is 10.6. The van der Waals surface area contributed by atoms with E-state index in [-0.39, 0.29) is 6.04 Å². The molecule has 0 aliphatic carbocycles. The highest BCUT2D eigenvalue weighted by atomic mass is 16.6. The average molecular weight is 221 g/mol. The molecule has 0 bridgehead atoms. The van der Waals surface area contributed by atoms with Gasteiger partial charge in [-0.1, -0.05) is 37.3 Å². The summed E-state index contributed by atoms with van der Waals surface area (Å²) in [6.07, 6.45) is 0. The van der Waals surface area contributed by atoms with Gasteiger partial charge in [-0.15, -0.1) is 0 Å². The molecule has 0 amide bonds. The highest BCUT2D eigenvalue weighted by molar-refractivity contribution is 5.22. The van der Waals surface area contributed by atoms with Crippen molar-refractivity contribution < 1.29 is 9.84 Å². The topological polar surface area (TPSA) is 32.7 Å². The first-order valence-electron chi connectivity index (χ1n) is 5.84. The molecule has 0 aromatic heterocycles. The van der Waals surface area contributed by atoms with Gasteiger partial charge in [0.2, 0.25) is 5.79 Å². The number of morpholine rings is 1. The van der Waals surface area contributed by atoms with Crippen molar-refractivity contribution in [2.24, 2.45) is 0 Å². The fourth-order valence-electron chi connectivity index (χ4n) is 2.31. The standard InChI is InChI=1S/C13H19NO2/c1-3-14-9-10-16-13(15,11(14)2)12-7-5-4-6-8-12/h4-8,11,15H,3,9-10H2,1-2H3/t11-,13+/m0/s1. The van der Waals surface area contributed by atoms with Crippen LogP contribution in [-0.2, 0) is 10.5 Å². The van der Waals surface area contributed by atoms with Gasteiger partial charge in [-0.05, 0) is 13.5 Å². The van der Waals surface area contributed by atoms with Gasteiger partial charge in [0.1, 0.15) is 0 Å². The number of aliphatic hydroxyl groups is 1. The van der Waals surface area contributed by atoms with Gasteiger partial charge in [0.25, 0.3) is 0 Å². The number of ether oxygens (including phenoxy) is 1. The molecule has 2 atom stereocenters. The maximum absolute atomic E-state index is 10.6. The van der Waals surface area contributed by atoms with Crippen molar-refractivity contribution >= 4 is 0 Å². The van der Waals surface area contributed by atoms with Crippen LogP contribution in [0, 0.1) is 0 Å². The molecule has 2 rings (SSSR count). The maximum atomic E-state index is 10.6. The van der Waals surface area contributed by atoms with Gasteiger partial charge >= 0.3 is 0 Å². The van der Waals surface area contributed by atoms with Crippen LogP contribution in [0.15, 0.2) is 30.3 Å². The van der Waals surface area contributed by atoms with E-state index in [0.29, 0.717) is 6.61 Å². The van der Waals surface area contributed by atoms with E-state index in [0.717, 1.165) is 18.7 Å². The van der Waals surface area contributed by atoms with Crippen LogP contribution in [0.1, 0.15) is 19.4 Å². The molecular weight excluding hydrogens is 202 g/mol. The van der Waals surface area contributed by atoms with Gasteiger partial charge in [0, 0.05) is 12.1 Å². The molecule has 0 spiro atoms. The smallest absolute Gasteiger partial charge is 0.208 e. The van der Waals surface area contributed by atoms with E-state index in [9.17, 15) is 5.11 Å². The van der Waals surface area contributed by atoms with E-state index in [2.05, 4.69) is 11.8 Å². The Labute approximate surface area is 96.6 Å². The zero-order chi connectivity index (χ0) is 11.6.